The third kappa shape index (κ3) is 3.73. The minimum absolute atomic E-state index is 0. The van der Waals surface area contributed by atoms with Gasteiger partial charge in [0.15, 0.2) is 0 Å². The topological polar surface area (TPSA) is 75.4 Å². The molecule has 3 aliphatic rings. The zero-order chi connectivity index (χ0) is 17.4. The molecule has 4 rings (SSSR count). The van der Waals surface area contributed by atoms with Gasteiger partial charge in [0.05, 0.1) is 5.92 Å². The predicted octanol–water partition coefficient (Wildman–Crippen LogP) is 2.61. The number of carbonyl (C=O) groups is 2. The third-order valence-electron chi connectivity index (χ3n) is 5.96. The first-order valence-electron chi connectivity index (χ1n) is 9.17. The molecule has 2 bridgehead atoms. The van der Waals surface area contributed by atoms with Crippen LogP contribution in [0.4, 0.5) is 5.69 Å². The average molecular weight is 396 g/mol. The van der Waals surface area contributed by atoms with Gasteiger partial charge in [-0.05, 0) is 49.3 Å². The van der Waals surface area contributed by atoms with Crippen LogP contribution in [0.25, 0.3) is 0 Å². The first-order chi connectivity index (χ1) is 12.1. The van der Waals surface area contributed by atoms with Crippen molar-refractivity contribution in [1.29, 1.82) is 0 Å². The molecule has 1 aromatic carbocycles. The Morgan fingerprint density at radius 1 is 1.15 bits per heavy atom. The van der Waals surface area contributed by atoms with Gasteiger partial charge >= 0.3 is 0 Å². The summed E-state index contributed by atoms with van der Waals surface area (Å²) in [4.78, 5) is 27.2. The van der Waals surface area contributed by atoms with Crippen LogP contribution < -0.4 is 11.1 Å². The van der Waals surface area contributed by atoms with Crippen LogP contribution in [0.5, 0.6) is 0 Å². The number of rotatable bonds is 3. The largest absolute Gasteiger partial charge is 0.337 e. The summed E-state index contributed by atoms with van der Waals surface area (Å²) in [5, 5.41) is 3.00. The van der Waals surface area contributed by atoms with E-state index in [1.165, 1.54) is 0 Å². The lowest BCUT2D eigenvalue weighted by molar-refractivity contribution is -0.121. The van der Waals surface area contributed by atoms with Gasteiger partial charge in [0.1, 0.15) is 0 Å². The second-order valence-corrected chi connectivity index (χ2v) is 8.64. The zero-order valence-corrected chi connectivity index (χ0v) is 16.4. The molecule has 7 heteroatoms. The van der Waals surface area contributed by atoms with Crippen molar-refractivity contribution in [3.63, 3.8) is 0 Å². The van der Waals surface area contributed by atoms with Crippen LogP contribution in [0.1, 0.15) is 29.6 Å². The van der Waals surface area contributed by atoms with E-state index in [0.29, 0.717) is 23.1 Å². The van der Waals surface area contributed by atoms with Gasteiger partial charge in [0.2, 0.25) is 5.91 Å². The van der Waals surface area contributed by atoms with E-state index in [1.54, 1.807) is 6.07 Å². The average Bonchev–Trinajstić information content (AvgIpc) is 3.23. The maximum atomic E-state index is 12.7. The van der Waals surface area contributed by atoms with Gasteiger partial charge in [0, 0.05) is 41.9 Å². The van der Waals surface area contributed by atoms with E-state index < -0.39 is 0 Å². The Hall–Kier alpha value is -1.24. The highest BCUT2D eigenvalue weighted by atomic mass is 35.5. The minimum Gasteiger partial charge on any atom is -0.337 e. The number of fused-ring (bicyclic) bond motifs is 2. The molecule has 142 valence electrons. The van der Waals surface area contributed by atoms with Crippen LogP contribution in [0, 0.1) is 17.8 Å². The maximum Gasteiger partial charge on any atom is 0.253 e. The number of carbonyl (C=O) groups excluding carboxylic acids is 2. The van der Waals surface area contributed by atoms with Crippen LogP contribution in [0.3, 0.4) is 0 Å². The van der Waals surface area contributed by atoms with Gasteiger partial charge in [-0.2, -0.15) is 11.8 Å². The van der Waals surface area contributed by atoms with Crippen molar-refractivity contribution >= 4 is 41.7 Å². The molecule has 3 N–H and O–H groups in total. The molecule has 0 radical (unpaired) electrons. The van der Waals surface area contributed by atoms with Crippen molar-refractivity contribution in [1.82, 2.24) is 4.90 Å². The molecule has 1 aromatic rings. The summed E-state index contributed by atoms with van der Waals surface area (Å²) < 4.78 is 0. The molecule has 2 saturated carbocycles. The molecule has 5 nitrogen and oxygen atoms in total. The third-order valence-corrected chi connectivity index (χ3v) is 6.90. The number of hydrogen-bond donors (Lipinski definition) is 2. The van der Waals surface area contributed by atoms with Gasteiger partial charge in [-0.3, -0.25) is 9.59 Å². The van der Waals surface area contributed by atoms with Crippen molar-refractivity contribution in [3.8, 4) is 0 Å². The Balaban J connectivity index is 0.00000196. The van der Waals surface area contributed by atoms with Crippen LogP contribution in [0.15, 0.2) is 24.3 Å². The molecule has 4 unspecified atom stereocenters. The van der Waals surface area contributed by atoms with Crippen LogP contribution in [-0.4, -0.2) is 47.4 Å². The van der Waals surface area contributed by atoms with E-state index in [9.17, 15) is 9.59 Å². The Morgan fingerprint density at radius 3 is 2.58 bits per heavy atom. The molecule has 4 atom stereocenters. The number of nitrogens with two attached hydrogens (primary N) is 1. The van der Waals surface area contributed by atoms with Crippen molar-refractivity contribution in [2.24, 2.45) is 23.5 Å². The van der Waals surface area contributed by atoms with E-state index >= 15 is 0 Å². The van der Waals surface area contributed by atoms with Crippen LogP contribution in [-0.2, 0) is 4.79 Å². The SMILES string of the molecule is Cl.NC1C2CCC(C2)C1C(=O)Nc1cccc(C(=O)N2CCSCC2)c1. The molecular weight excluding hydrogens is 370 g/mol. The summed E-state index contributed by atoms with van der Waals surface area (Å²) >= 11 is 1.88. The minimum atomic E-state index is -0.0859. The summed E-state index contributed by atoms with van der Waals surface area (Å²) in [7, 11) is 0. The van der Waals surface area contributed by atoms with E-state index in [1.807, 2.05) is 34.9 Å². The molecular formula is C19H26ClN3O2S. The Kier molecular flexibility index (Phi) is 6.15. The fourth-order valence-electron chi connectivity index (χ4n) is 4.63. The highest BCUT2D eigenvalue weighted by Gasteiger charge is 2.49. The molecule has 1 heterocycles. The molecule has 1 saturated heterocycles. The van der Waals surface area contributed by atoms with Gasteiger partial charge < -0.3 is 16.0 Å². The second kappa shape index (κ2) is 8.19. The van der Waals surface area contributed by atoms with E-state index in [-0.39, 0.29) is 36.2 Å². The van der Waals surface area contributed by atoms with Gasteiger partial charge in [-0.15, -0.1) is 12.4 Å². The van der Waals surface area contributed by atoms with Gasteiger partial charge in [0.25, 0.3) is 5.91 Å². The quantitative estimate of drug-likeness (QED) is 0.824. The number of hydrogen-bond acceptors (Lipinski definition) is 4. The fourth-order valence-corrected chi connectivity index (χ4v) is 5.53. The van der Waals surface area contributed by atoms with Crippen molar-refractivity contribution in [3.05, 3.63) is 29.8 Å². The van der Waals surface area contributed by atoms with Gasteiger partial charge in [-0.25, -0.2) is 0 Å². The maximum absolute atomic E-state index is 12.7. The lowest BCUT2D eigenvalue weighted by Gasteiger charge is -2.27. The Labute approximate surface area is 164 Å². The summed E-state index contributed by atoms with van der Waals surface area (Å²) in [5.74, 6) is 2.89. The van der Waals surface area contributed by atoms with E-state index in [2.05, 4.69) is 5.32 Å². The zero-order valence-electron chi connectivity index (χ0n) is 14.7. The number of nitrogens with zero attached hydrogens (tertiary/aromatic N) is 1. The van der Waals surface area contributed by atoms with E-state index in [0.717, 1.165) is 43.9 Å². The number of amides is 2. The number of benzene rings is 1. The second-order valence-electron chi connectivity index (χ2n) is 7.41. The molecule has 3 fully saturated rings. The summed E-state index contributed by atoms with van der Waals surface area (Å²) in [6, 6.07) is 7.28. The molecule has 2 amide bonds. The highest BCUT2D eigenvalue weighted by Crippen LogP contribution is 2.47. The summed E-state index contributed by atoms with van der Waals surface area (Å²) in [5.41, 5.74) is 7.60. The monoisotopic (exact) mass is 395 g/mol. The van der Waals surface area contributed by atoms with Crippen LogP contribution in [0.2, 0.25) is 0 Å². The highest BCUT2D eigenvalue weighted by molar-refractivity contribution is 7.99. The molecule has 26 heavy (non-hydrogen) atoms. The first kappa shape index (κ1) is 19.5. The standard InChI is InChI=1S/C19H25N3O2S.ClH/c20-17-13-5-4-12(10-13)16(17)18(23)21-15-3-1-2-14(11-15)19(24)22-6-8-25-9-7-22;/h1-3,11-13,16-17H,4-10,20H2,(H,21,23);1H. The molecule has 0 spiro atoms. The van der Waals surface area contributed by atoms with Crippen molar-refractivity contribution in [2.75, 3.05) is 29.9 Å². The normalized spacial score (nSPS) is 30.0. The van der Waals surface area contributed by atoms with Crippen molar-refractivity contribution in [2.45, 2.75) is 25.3 Å². The lowest BCUT2D eigenvalue weighted by Crippen LogP contribution is -2.42. The smallest absolute Gasteiger partial charge is 0.253 e. The number of nitrogens with one attached hydrogen (secondary N) is 1. The number of anilines is 1. The van der Waals surface area contributed by atoms with Gasteiger partial charge in [-0.1, -0.05) is 6.07 Å². The first-order valence-corrected chi connectivity index (χ1v) is 10.3. The number of halogens is 1. The fraction of sp³-hybridized carbons (Fsp3) is 0.579. The molecule has 0 aromatic heterocycles. The summed E-state index contributed by atoms with van der Waals surface area (Å²) in [6.07, 6.45) is 3.36. The number of thioether (sulfide) groups is 1. The van der Waals surface area contributed by atoms with E-state index in [4.69, 9.17) is 5.73 Å². The predicted molar refractivity (Wildman–Crippen MR) is 108 cm³/mol. The lowest BCUT2D eigenvalue weighted by atomic mass is 9.84. The molecule has 2 aliphatic carbocycles. The summed E-state index contributed by atoms with van der Waals surface area (Å²) in [6.45, 7) is 1.58. The Bertz CT molecular complexity index is 679. The van der Waals surface area contributed by atoms with Crippen LogP contribution >= 0.6 is 24.2 Å². The van der Waals surface area contributed by atoms with Crippen molar-refractivity contribution < 1.29 is 9.59 Å². The molecule has 1 aliphatic heterocycles. The Morgan fingerprint density at radius 2 is 1.88 bits per heavy atom.